The number of ketones is 1. The largest absolute Gasteiger partial charge is 0.324 e. The third kappa shape index (κ3) is 2.53. The average Bonchev–Trinajstić information content (AvgIpc) is 3.48. The summed E-state index contributed by atoms with van der Waals surface area (Å²) in [7, 11) is 0. The number of rotatable bonds is 3. The Morgan fingerprint density at radius 3 is 2.47 bits per heavy atom. The van der Waals surface area contributed by atoms with Gasteiger partial charge in [0.2, 0.25) is 5.91 Å². The topological polar surface area (TPSA) is 49.4 Å². The molecule has 1 spiro atoms. The highest BCUT2D eigenvalue weighted by atomic mass is 16.2. The van der Waals surface area contributed by atoms with Gasteiger partial charge >= 0.3 is 0 Å². The molecule has 3 aliphatic heterocycles. The molecule has 4 heteroatoms. The molecule has 1 N–H and O–H groups in total. The lowest BCUT2D eigenvalue weighted by atomic mass is 9.68. The van der Waals surface area contributed by atoms with E-state index in [2.05, 4.69) is 41.4 Å². The van der Waals surface area contributed by atoms with Crippen molar-refractivity contribution in [1.82, 2.24) is 4.90 Å². The molecule has 0 aromatic heterocycles. The van der Waals surface area contributed by atoms with Crippen LogP contribution in [0.3, 0.4) is 0 Å². The predicted octanol–water partition coefficient (Wildman–Crippen LogP) is 4.90. The zero-order chi connectivity index (χ0) is 21.9. The summed E-state index contributed by atoms with van der Waals surface area (Å²) >= 11 is 0. The summed E-state index contributed by atoms with van der Waals surface area (Å²) in [4.78, 5) is 30.5. The first-order valence-corrected chi connectivity index (χ1v) is 11.5. The van der Waals surface area contributed by atoms with E-state index in [1.807, 2.05) is 54.6 Å². The SMILES string of the molecule is Cc1ccc([C@@H]2[C@@H](C(=O)c3ccccc3)[C@]3(C(=O)Nc4ccccc43)N3CCC[C@@H]23)cc1. The first-order valence-electron chi connectivity index (χ1n) is 11.5. The van der Waals surface area contributed by atoms with Crippen LogP contribution in [0.25, 0.3) is 0 Å². The Kier molecular flexibility index (Phi) is 4.34. The van der Waals surface area contributed by atoms with Crippen molar-refractivity contribution in [3.8, 4) is 0 Å². The van der Waals surface area contributed by atoms with E-state index in [1.165, 1.54) is 5.56 Å². The Morgan fingerprint density at radius 1 is 0.969 bits per heavy atom. The van der Waals surface area contributed by atoms with E-state index in [9.17, 15) is 9.59 Å². The van der Waals surface area contributed by atoms with Crippen molar-refractivity contribution in [2.24, 2.45) is 5.92 Å². The number of fused-ring (bicyclic) bond motifs is 4. The normalized spacial score (nSPS) is 28.5. The molecule has 3 aromatic rings. The molecule has 4 nitrogen and oxygen atoms in total. The van der Waals surface area contributed by atoms with Gasteiger partial charge in [-0.2, -0.15) is 0 Å². The summed E-state index contributed by atoms with van der Waals surface area (Å²) < 4.78 is 0. The van der Waals surface area contributed by atoms with Crippen LogP contribution in [-0.2, 0) is 10.3 Å². The van der Waals surface area contributed by atoms with Crippen LogP contribution in [0.1, 0.15) is 45.8 Å². The van der Waals surface area contributed by atoms with Crippen LogP contribution >= 0.6 is 0 Å². The number of para-hydroxylation sites is 1. The number of amides is 1. The van der Waals surface area contributed by atoms with Gasteiger partial charge in [0, 0.05) is 28.8 Å². The lowest BCUT2D eigenvalue weighted by Crippen LogP contribution is -2.52. The van der Waals surface area contributed by atoms with Crippen LogP contribution in [0, 0.1) is 12.8 Å². The maximum absolute atomic E-state index is 14.2. The Labute approximate surface area is 188 Å². The van der Waals surface area contributed by atoms with Gasteiger partial charge in [-0.15, -0.1) is 0 Å². The summed E-state index contributed by atoms with van der Waals surface area (Å²) in [6.07, 6.45) is 2.03. The van der Waals surface area contributed by atoms with Gasteiger partial charge in [0.15, 0.2) is 5.78 Å². The molecule has 32 heavy (non-hydrogen) atoms. The maximum Gasteiger partial charge on any atom is 0.250 e. The lowest BCUT2D eigenvalue weighted by Gasteiger charge is -2.36. The number of carbonyl (C=O) groups excluding carboxylic acids is 2. The Balaban J connectivity index is 1.62. The molecule has 0 bridgehead atoms. The van der Waals surface area contributed by atoms with Gasteiger partial charge in [-0.25, -0.2) is 0 Å². The highest BCUT2D eigenvalue weighted by Crippen LogP contribution is 2.61. The van der Waals surface area contributed by atoms with Crippen molar-refractivity contribution in [2.75, 3.05) is 11.9 Å². The molecule has 3 aromatic carbocycles. The second-order valence-electron chi connectivity index (χ2n) is 9.31. The van der Waals surface area contributed by atoms with E-state index in [1.54, 1.807) is 0 Å². The van der Waals surface area contributed by atoms with Crippen molar-refractivity contribution >= 4 is 17.4 Å². The van der Waals surface area contributed by atoms with Crippen LogP contribution in [0.5, 0.6) is 0 Å². The van der Waals surface area contributed by atoms with Crippen molar-refractivity contribution in [3.05, 3.63) is 101 Å². The van der Waals surface area contributed by atoms with Crippen molar-refractivity contribution in [3.63, 3.8) is 0 Å². The van der Waals surface area contributed by atoms with Gasteiger partial charge in [-0.1, -0.05) is 78.4 Å². The molecule has 6 rings (SSSR count). The van der Waals surface area contributed by atoms with E-state index in [0.717, 1.165) is 36.2 Å². The molecule has 0 unspecified atom stereocenters. The molecule has 3 heterocycles. The number of hydrogen-bond acceptors (Lipinski definition) is 3. The van der Waals surface area contributed by atoms with Crippen molar-refractivity contribution in [1.29, 1.82) is 0 Å². The quantitative estimate of drug-likeness (QED) is 0.611. The summed E-state index contributed by atoms with van der Waals surface area (Å²) in [5.41, 5.74) is 3.82. The van der Waals surface area contributed by atoms with E-state index in [-0.39, 0.29) is 23.7 Å². The molecule has 3 aliphatic rings. The van der Waals surface area contributed by atoms with Crippen LogP contribution in [-0.4, -0.2) is 29.2 Å². The molecular weight excluding hydrogens is 396 g/mol. The van der Waals surface area contributed by atoms with Crippen LogP contribution in [0.2, 0.25) is 0 Å². The first-order chi connectivity index (χ1) is 15.6. The fourth-order valence-corrected chi connectivity index (χ4v) is 6.46. The molecule has 0 aliphatic carbocycles. The second kappa shape index (κ2) is 7.14. The van der Waals surface area contributed by atoms with Crippen LogP contribution < -0.4 is 5.32 Å². The standard InChI is InChI=1S/C28H26N2O2/c1-18-13-15-19(16-14-18)24-23-12-7-17-30(23)28(21-10-5-6-11-22(21)29-27(28)32)25(24)26(31)20-8-3-2-4-9-20/h2-6,8-11,13-16,23-25H,7,12,17H2,1H3,(H,29,32)/t23-,24-,25-,28+/m0/s1. The molecule has 2 saturated heterocycles. The molecule has 2 fully saturated rings. The molecule has 4 atom stereocenters. The molecule has 0 saturated carbocycles. The van der Waals surface area contributed by atoms with Crippen LogP contribution in [0.15, 0.2) is 78.9 Å². The van der Waals surface area contributed by atoms with Gasteiger partial charge in [0.05, 0.1) is 5.92 Å². The monoisotopic (exact) mass is 422 g/mol. The summed E-state index contributed by atoms with van der Waals surface area (Å²) in [6.45, 7) is 2.91. The van der Waals surface area contributed by atoms with E-state index in [0.29, 0.717) is 5.56 Å². The van der Waals surface area contributed by atoms with E-state index in [4.69, 9.17) is 0 Å². The number of carbonyl (C=O) groups is 2. The number of benzene rings is 3. The zero-order valence-corrected chi connectivity index (χ0v) is 18.1. The van der Waals surface area contributed by atoms with Gasteiger partial charge < -0.3 is 5.32 Å². The van der Waals surface area contributed by atoms with E-state index < -0.39 is 11.5 Å². The smallest absolute Gasteiger partial charge is 0.250 e. The highest BCUT2D eigenvalue weighted by Gasteiger charge is 2.69. The Morgan fingerprint density at radius 2 is 1.69 bits per heavy atom. The van der Waals surface area contributed by atoms with Gasteiger partial charge in [0.25, 0.3) is 0 Å². The van der Waals surface area contributed by atoms with Crippen molar-refractivity contribution < 1.29 is 9.59 Å². The number of nitrogens with one attached hydrogen (secondary N) is 1. The number of anilines is 1. The van der Waals surface area contributed by atoms with Gasteiger partial charge in [0.1, 0.15) is 5.54 Å². The highest BCUT2D eigenvalue weighted by molar-refractivity contribution is 6.12. The minimum Gasteiger partial charge on any atom is -0.324 e. The maximum atomic E-state index is 14.2. The first kappa shape index (κ1) is 19.4. The molecular formula is C28H26N2O2. The van der Waals surface area contributed by atoms with Gasteiger partial charge in [-0.3, -0.25) is 14.5 Å². The average molecular weight is 423 g/mol. The van der Waals surface area contributed by atoms with Crippen LogP contribution in [0.4, 0.5) is 5.69 Å². The lowest BCUT2D eigenvalue weighted by molar-refractivity contribution is -0.127. The number of nitrogens with zero attached hydrogens (tertiary/aromatic N) is 1. The fourth-order valence-electron chi connectivity index (χ4n) is 6.46. The molecule has 1 amide bonds. The fraction of sp³-hybridized carbons (Fsp3) is 0.286. The second-order valence-corrected chi connectivity index (χ2v) is 9.31. The predicted molar refractivity (Wildman–Crippen MR) is 125 cm³/mol. The Bertz CT molecular complexity index is 1200. The summed E-state index contributed by atoms with van der Waals surface area (Å²) in [6, 6.07) is 26.1. The number of aryl methyl sites for hydroxylation is 1. The molecule has 160 valence electrons. The minimum atomic E-state index is -0.972. The van der Waals surface area contributed by atoms with E-state index >= 15 is 0 Å². The van der Waals surface area contributed by atoms with Crippen molar-refractivity contribution in [2.45, 2.75) is 37.3 Å². The summed E-state index contributed by atoms with van der Waals surface area (Å²) in [5, 5.41) is 3.13. The number of Topliss-reactive ketones (excluding diaryl/α,β-unsaturated/α-hetero) is 1. The third-order valence-electron chi connectivity index (χ3n) is 7.71. The number of hydrogen-bond donors (Lipinski definition) is 1. The minimum absolute atomic E-state index is 0.0392. The zero-order valence-electron chi connectivity index (χ0n) is 18.1. The third-order valence-corrected chi connectivity index (χ3v) is 7.71. The van der Waals surface area contributed by atoms with Gasteiger partial charge in [-0.05, 0) is 37.9 Å². The molecule has 0 radical (unpaired) electrons. The Hall–Kier alpha value is -3.24. The summed E-state index contributed by atoms with van der Waals surface area (Å²) in [5.74, 6) is -0.531.